The van der Waals surface area contributed by atoms with Crippen LogP contribution in [0, 0.1) is 5.92 Å². The second-order valence-corrected chi connectivity index (χ2v) is 5.97. The Bertz CT molecular complexity index is 247. The molecule has 16 heavy (non-hydrogen) atoms. The Morgan fingerprint density at radius 2 is 1.81 bits per heavy atom. The zero-order valence-electron chi connectivity index (χ0n) is 10.4. The normalized spacial score (nSPS) is 26.0. The Balaban J connectivity index is 1.74. The number of rotatable bonds is 2. The summed E-state index contributed by atoms with van der Waals surface area (Å²) in [6.45, 7) is 3.51. The molecule has 1 aliphatic heterocycles. The van der Waals surface area contributed by atoms with E-state index in [1.807, 2.05) is 11.8 Å². The number of nitrogens with two attached hydrogens (primary N) is 1. The van der Waals surface area contributed by atoms with E-state index in [9.17, 15) is 4.79 Å². The minimum atomic E-state index is -0.126. The molecule has 1 aliphatic carbocycles. The van der Waals surface area contributed by atoms with E-state index in [2.05, 4.69) is 0 Å². The first kappa shape index (κ1) is 11.9. The Kier molecular flexibility index (Phi) is 3.53. The molecule has 1 amide bonds. The molecule has 0 bridgehead atoms. The van der Waals surface area contributed by atoms with E-state index in [0.717, 1.165) is 19.5 Å². The maximum Gasteiger partial charge on any atom is 0.222 e. The molecule has 92 valence electrons. The van der Waals surface area contributed by atoms with Gasteiger partial charge in [0.2, 0.25) is 5.91 Å². The fourth-order valence-electron chi connectivity index (χ4n) is 2.95. The van der Waals surface area contributed by atoms with Crippen molar-refractivity contribution in [3.63, 3.8) is 0 Å². The molecular weight excluding hydrogens is 200 g/mol. The first-order valence-corrected chi connectivity index (χ1v) is 6.63. The zero-order chi connectivity index (χ0) is 11.6. The third-order valence-electron chi connectivity index (χ3n) is 3.89. The van der Waals surface area contributed by atoms with E-state index in [-0.39, 0.29) is 5.54 Å². The van der Waals surface area contributed by atoms with Crippen molar-refractivity contribution in [2.24, 2.45) is 11.7 Å². The van der Waals surface area contributed by atoms with Crippen molar-refractivity contribution >= 4 is 5.91 Å². The maximum atomic E-state index is 12.0. The summed E-state index contributed by atoms with van der Waals surface area (Å²) in [7, 11) is 0. The number of likely N-dealkylation sites (tertiary alicyclic amines) is 1. The Morgan fingerprint density at radius 1 is 1.25 bits per heavy atom. The second kappa shape index (κ2) is 4.74. The van der Waals surface area contributed by atoms with Crippen LogP contribution in [-0.2, 0) is 4.79 Å². The van der Waals surface area contributed by atoms with E-state index < -0.39 is 0 Å². The molecule has 2 N–H and O–H groups in total. The van der Waals surface area contributed by atoms with Crippen molar-refractivity contribution in [1.82, 2.24) is 4.90 Å². The predicted octanol–water partition coefficient (Wildman–Crippen LogP) is 1.91. The van der Waals surface area contributed by atoms with Crippen LogP contribution < -0.4 is 5.73 Å². The third-order valence-corrected chi connectivity index (χ3v) is 3.89. The number of carbonyl (C=O) groups is 1. The van der Waals surface area contributed by atoms with E-state index in [1.165, 1.54) is 38.5 Å². The SMILES string of the molecule is CC1(N)CN(C(=O)CC2CCCCCC2)C1. The molecule has 2 aliphatic rings. The lowest BCUT2D eigenvalue weighted by atomic mass is 9.90. The summed E-state index contributed by atoms with van der Waals surface area (Å²) in [5, 5.41) is 0. The van der Waals surface area contributed by atoms with Crippen molar-refractivity contribution in [3.05, 3.63) is 0 Å². The van der Waals surface area contributed by atoms with Gasteiger partial charge in [0.05, 0.1) is 0 Å². The van der Waals surface area contributed by atoms with Gasteiger partial charge < -0.3 is 10.6 Å². The Morgan fingerprint density at radius 3 is 2.31 bits per heavy atom. The van der Waals surface area contributed by atoms with Gasteiger partial charge in [0.25, 0.3) is 0 Å². The maximum absolute atomic E-state index is 12.0. The summed E-state index contributed by atoms with van der Waals surface area (Å²) in [4.78, 5) is 13.9. The smallest absolute Gasteiger partial charge is 0.222 e. The lowest BCUT2D eigenvalue weighted by molar-refractivity contribution is -0.139. The van der Waals surface area contributed by atoms with Crippen LogP contribution in [0.2, 0.25) is 0 Å². The molecule has 1 saturated heterocycles. The van der Waals surface area contributed by atoms with Crippen LogP contribution >= 0.6 is 0 Å². The van der Waals surface area contributed by atoms with Gasteiger partial charge in [-0.25, -0.2) is 0 Å². The van der Waals surface area contributed by atoms with Crippen LogP contribution in [0.5, 0.6) is 0 Å². The molecule has 1 saturated carbocycles. The Labute approximate surface area is 98.4 Å². The summed E-state index contributed by atoms with van der Waals surface area (Å²) < 4.78 is 0. The van der Waals surface area contributed by atoms with Crippen molar-refractivity contribution in [3.8, 4) is 0 Å². The number of hydrogen-bond acceptors (Lipinski definition) is 2. The third kappa shape index (κ3) is 2.97. The molecule has 0 unspecified atom stereocenters. The molecule has 0 aromatic carbocycles. The van der Waals surface area contributed by atoms with Crippen LogP contribution in [0.25, 0.3) is 0 Å². The van der Waals surface area contributed by atoms with Crippen molar-refractivity contribution in [2.45, 2.75) is 57.4 Å². The number of carbonyl (C=O) groups excluding carboxylic acids is 1. The highest BCUT2D eigenvalue weighted by Gasteiger charge is 2.38. The summed E-state index contributed by atoms with van der Waals surface area (Å²) in [5.41, 5.74) is 5.79. The average molecular weight is 224 g/mol. The number of amides is 1. The molecule has 1 heterocycles. The van der Waals surface area contributed by atoms with E-state index in [0.29, 0.717) is 11.8 Å². The van der Waals surface area contributed by atoms with Crippen LogP contribution in [0.3, 0.4) is 0 Å². The van der Waals surface area contributed by atoms with Crippen molar-refractivity contribution < 1.29 is 4.79 Å². The topological polar surface area (TPSA) is 46.3 Å². The Hall–Kier alpha value is -0.570. The molecule has 3 heteroatoms. The number of nitrogens with zero attached hydrogens (tertiary/aromatic N) is 1. The molecular formula is C13H24N2O. The van der Waals surface area contributed by atoms with Gasteiger partial charge in [0, 0.05) is 25.0 Å². The van der Waals surface area contributed by atoms with Gasteiger partial charge in [-0.2, -0.15) is 0 Å². The van der Waals surface area contributed by atoms with Gasteiger partial charge in [-0.3, -0.25) is 4.79 Å². The van der Waals surface area contributed by atoms with Crippen LogP contribution in [0.15, 0.2) is 0 Å². The molecule has 0 spiro atoms. The molecule has 0 atom stereocenters. The van der Waals surface area contributed by atoms with Gasteiger partial charge >= 0.3 is 0 Å². The highest BCUT2D eigenvalue weighted by Crippen LogP contribution is 2.27. The highest BCUT2D eigenvalue weighted by atomic mass is 16.2. The molecule has 0 aromatic heterocycles. The first-order chi connectivity index (χ1) is 7.57. The molecule has 3 nitrogen and oxygen atoms in total. The van der Waals surface area contributed by atoms with Gasteiger partial charge in [-0.1, -0.05) is 25.7 Å². The van der Waals surface area contributed by atoms with E-state index >= 15 is 0 Å². The van der Waals surface area contributed by atoms with Crippen molar-refractivity contribution in [1.29, 1.82) is 0 Å². The average Bonchev–Trinajstić information content (AvgIpc) is 2.42. The van der Waals surface area contributed by atoms with Crippen molar-refractivity contribution in [2.75, 3.05) is 13.1 Å². The molecule has 2 fully saturated rings. The number of hydrogen-bond donors (Lipinski definition) is 1. The predicted molar refractivity (Wildman–Crippen MR) is 65.0 cm³/mol. The summed E-state index contributed by atoms with van der Waals surface area (Å²) in [6, 6.07) is 0. The fraction of sp³-hybridized carbons (Fsp3) is 0.923. The lowest BCUT2D eigenvalue weighted by Crippen LogP contribution is -2.66. The minimum absolute atomic E-state index is 0.126. The first-order valence-electron chi connectivity index (χ1n) is 6.63. The molecule has 0 radical (unpaired) electrons. The lowest BCUT2D eigenvalue weighted by Gasteiger charge is -2.45. The van der Waals surface area contributed by atoms with Gasteiger partial charge in [-0.05, 0) is 25.7 Å². The van der Waals surface area contributed by atoms with Crippen LogP contribution in [0.1, 0.15) is 51.9 Å². The van der Waals surface area contributed by atoms with Gasteiger partial charge in [-0.15, -0.1) is 0 Å². The molecule has 0 aromatic rings. The summed E-state index contributed by atoms with van der Waals surface area (Å²) in [6.07, 6.45) is 8.60. The van der Waals surface area contributed by atoms with Crippen LogP contribution in [0.4, 0.5) is 0 Å². The standard InChI is InChI=1S/C13H24N2O/c1-13(14)9-15(10-13)12(16)8-11-6-4-2-3-5-7-11/h11H,2-10,14H2,1H3. The van der Waals surface area contributed by atoms with Crippen LogP contribution in [-0.4, -0.2) is 29.4 Å². The second-order valence-electron chi connectivity index (χ2n) is 5.97. The fourth-order valence-corrected chi connectivity index (χ4v) is 2.95. The van der Waals surface area contributed by atoms with Gasteiger partial charge in [0.1, 0.15) is 0 Å². The molecule has 2 rings (SSSR count). The highest BCUT2D eigenvalue weighted by molar-refractivity contribution is 5.77. The van der Waals surface area contributed by atoms with E-state index in [4.69, 9.17) is 5.73 Å². The minimum Gasteiger partial charge on any atom is -0.339 e. The summed E-state index contributed by atoms with van der Waals surface area (Å²) >= 11 is 0. The summed E-state index contributed by atoms with van der Waals surface area (Å²) in [5.74, 6) is 0.967. The zero-order valence-corrected chi connectivity index (χ0v) is 10.4. The van der Waals surface area contributed by atoms with E-state index in [1.54, 1.807) is 0 Å². The monoisotopic (exact) mass is 224 g/mol. The quantitative estimate of drug-likeness (QED) is 0.728. The van der Waals surface area contributed by atoms with Gasteiger partial charge in [0.15, 0.2) is 0 Å². The largest absolute Gasteiger partial charge is 0.339 e.